The molecule has 1 atom stereocenters. The Hall–Kier alpha value is -1.81. The number of methoxy groups -OCH3 is 1. The van der Waals surface area contributed by atoms with Crippen molar-refractivity contribution >= 4 is 21.8 Å². The number of rotatable bonds is 6. The van der Waals surface area contributed by atoms with E-state index in [-0.39, 0.29) is 22.6 Å². The minimum atomic E-state index is -3.81. The Labute approximate surface area is 146 Å². The highest BCUT2D eigenvalue weighted by Gasteiger charge is 2.36. The topological polar surface area (TPSA) is 105 Å². The third kappa shape index (κ3) is 3.20. The molecule has 8 nitrogen and oxygen atoms in total. The van der Waals surface area contributed by atoms with Crippen LogP contribution < -0.4 is 10.0 Å². The van der Waals surface area contributed by atoms with Crippen molar-refractivity contribution in [1.29, 1.82) is 0 Å². The first-order chi connectivity index (χ1) is 11.8. The molecule has 1 unspecified atom stereocenters. The van der Waals surface area contributed by atoms with Gasteiger partial charge in [0.1, 0.15) is 0 Å². The molecule has 9 heteroatoms. The Morgan fingerprint density at radius 3 is 2.64 bits per heavy atom. The summed E-state index contributed by atoms with van der Waals surface area (Å²) in [5, 5.41) is 3.30. The number of hydrogen-bond donors (Lipinski definition) is 2. The molecule has 2 aliphatic heterocycles. The minimum Gasteiger partial charge on any atom is -0.383 e. The predicted molar refractivity (Wildman–Crippen MR) is 89.9 cm³/mol. The third-order valence-electron chi connectivity index (χ3n) is 4.72. The molecule has 1 saturated heterocycles. The number of carbonyl (C=O) groups is 2. The summed E-state index contributed by atoms with van der Waals surface area (Å²) in [5.41, 5.74) is -0.0920. The maximum Gasteiger partial charge on any atom is 0.261 e. The van der Waals surface area contributed by atoms with Gasteiger partial charge in [-0.05, 0) is 37.6 Å². The van der Waals surface area contributed by atoms with Gasteiger partial charge in [-0.1, -0.05) is 0 Å². The SMILES string of the molecule is COCC1(CNS(=O)(=O)c2ccc3c(c2)C(=O)N(C)C3=O)CCCN1. The van der Waals surface area contributed by atoms with Crippen LogP contribution in [0.25, 0.3) is 0 Å². The molecule has 0 aliphatic carbocycles. The quantitative estimate of drug-likeness (QED) is 0.684. The molecule has 2 aliphatic rings. The number of nitrogens with one attached hydrogen (secondary N) is 2. The van der Waals surface area contributed by atoms with Crippen molar-refractivity contribution in [3.63, 3.8) is 0 Å². The highest BCUT2D eigenvalue weighted by atomic mass is 32.2. The fourth-order valence-corrected chi connectivity index (χ4v) is 4.45. The van der Waals surface area contributed by atoms with E-state index >= 15 is 0 Å². The van der Waals surface area contributed by atoms with E-state index in [0.717, 1.165) is 24.3 Å². The van der Waals surface area contributed by atoms with Crippen molar-refractivity contribution in [3.8, 4) is 0 Å². The average Bonchev–Trinajstić information content (AvgIpc) is 3.14. The summed E-state index contributed by atoms with van der Waals surface area (Å²) in [5.74, 6) is -0.920. The van der Waals surface area contributed by atoms with Crippen molar-refractivity contribution in [3.05, 3.63) is 29.3 Å². The van der Waals surface area contributed by atoms with Crippen molar-refractivity contribution in [2.75, 3.05) is 33.9 Å². The second-order valence-corrected chi connectivity index (χ2v) is 8.21. The van der Waals surface area contributed by atoms with Gasteiger partial charge < -0.3 is 10.1 Å². The van der Waals surface area contributed by atoms with Gasteiger partial charge in [0.15, 0.2) is 0 Å². The van der Waals surface area contributed by atoms with E-state index in [1.54, 1.807) is 7.11 Å². The van der Waals surface area contributed by atoms with Gasteiger partial charge in [0.25, 0.3) is 11.8 Å². The van der Waals surface area contributed by atoms with Gasteiger partial charge in [0, 0.05) is 20.7 Å². The summed E-state index contributed by atoms with van der Waals surface area (Å²) < 4.78 is 33.0. The van der Waals surface area contributed by atoms with Crippen LogP contribution in [0, 0.1) is 0 Å². The molecule has 0 radical (unpaired) electrons. The molecule has 2 N–H and O–H groups in total. The first kappa shape index (κ1) is 18.0. The molecule has 136 valence electrons. The molecule has 1 fully saturated rings. The second kappa shape index (κ2) is 6.49. The lowest BCUT2D eigenvalue weighted by atomic mass is 9.99. The van der Waals surface area contributed by atoms with Gasteiger partial charge in [-0.2, -0.15) is 0 Å². The summed E-state index contributed by atoms with van der Waals surface area (Å²) in [4.78, 5) is 24.9. The zero-order valence-corrected chi connectivity index (χ0v) is 15.0. The fraction of sp³-hybridized carbons (Fsp3) is 0.500. The summed E-state index contributed by atoms with van der Waals surface area (Å²) in [7, 11) is -0.860. The largest absolute Gasteiger partial charge is 0.383 e. The average molecular weight is 367 g/mol. The van der Waals surface area contributed by atoms with E-state index in [4.69, 9.17) is 4.74 Å². The Bertz CT molecular complexity index is 815. The van der Waals surface area contributed by atoms with Crippen LogP contribution in [-0.2, 0) is 14.8 Å². The molecule has 2 heterocycles. The van der Waals surface area contributed by atoms with E-state index in [1.807, 2.05) is 0 Å². The highest BCUT2D eigenvalue weighted by Crippen LogP contribution is 2.25. The fourth-order valence-electron chi connectivity index (χ4n) is 3.29. The van der Waals surface area contributed by atoms with Crippen LogP contribution in [0.15, 0.2) is 23.1 Å². The number of nitrogens with zero attached hydrogens (tertiary/aromatic N) is 1. The summed E-state index contributed by atoms with van der Waals surface area (Å²) >= 11 is 0. The van der Waals surface area contributed by atoms with Crippen LogP contribution in [0.3, 0.4) is 0 Å². The van der Waals surface area contributed by atoms with Gasteiger partial charge in [-0.25, -0.2) is 13.1 Å². The van der Waals surface area contributed by atoms with Crippen LogP contribution in [-0.4, -0.2) is 64.5 Å². The molecule has 0 aromatic heterocycles. The lowest BCUT2D eigenvalue weighted by Gasteiger charge is -2.28. The van der Waals surface area contributed by atoms with Gasteiger partial charge in [-0.15, -0.1) is 0 Å². The lowest BCUT2D eigenvalue weighted by Crippen LogP contribution is -2.52. The van der Waals surface area contributed by atoms with Gasteiger partial charge in [-0.3, -0.25) is 14.5 Å². The summed E-state index contributed by atoms with van der Waals surface area (Å²) in [6, 6.07) is 3.98. The van der Waals surface area contributed by atoms with Crippen molar-refractivity contribution in [2.45, 2.75) is 23.3 Å². The second-order valence-electron chi connectivity index (χ2n) is 6.44. The van der Waals surface area contributed by atoms with Crippen LogP contribution in [0.1, 0.15) is 33.6 Å². The van der Waals surface area contributed by atoms with E-state index in [1.165, 1.54) is 25.2 Å². The number of sulfonamides is 1. The van der Waals surface area contributed by atoms with Gasteiger partial charge in [0.2, 0.25) is 10.0 Å². The van der Waals surface area contributed by atoms with E-state index in [2.05, 4.69) is 10.0 Å². The number of amides is 2. The van der Waals surface area contributed by atoms with Crippen molar-refractivity contribution in [2.24, 2.45) is 0 Å². The highest BCUT2D eigenvalue weighted by molar-refractivity contribution is 7.89. The van der Waals surface area contributed by atoms with E-state index in [0.29, 0.717) is 6.61 Å². The number of fused-ring (bicyclic) bond motifs is 1. The Balaban J connectivity index is 1.82. The maximum atomic E-state index is 12.6. The van der Waals surface area contributed by atoms with Gasteiger partial charge >= 0.3 is 0 Å². The predicted octanol–water partition coefficient (Wildman–Crippen LogP) is -0.0407. The molecule has 25 heavy (non-hydrogen) atoms. The molecule has 0 saturated carbocycles. The van der Waals surface area contributed by atoms with E-state index < -0.39 is 27.4 Å². The lowest BCUT2D eigenvalue weighted by molar-refractivity contribution is 0.0693. The van der Waals surface area contributed by atoms with Crippen molar-refractivity contribution in [1.82, 2.24) is 14.9 Å². The zero-order chi connectivity index (χ0) is 18.2. The monoisotopic (exact) mass is 367 g/mol. The molecule has 1 aromatic carbocycles. The smallest absolute Gasteiger partial charge is 0.261 e. The summed E-state index contributed by atoms with van der Waals surface area (Å²) in [6.07, 6.45) is 1.76. The molecule has 1 aromatic rings. The Kier molecular flexibility index (Phi) is 4.67. The minimum absolute atomic E-state index is 0.0340. The molecule has 3 rings (SSSR count). The normalized spacial score (nSPS) is 23.4. The van der Waals surface area contributed by atoms with Crippen LogP contribution in [0.2, 0.25) is 0 Å². The zero-order valence-electron chi connectivity index (χ0n) is 14.2. The molecule has 0 spiro atoms. The number of ether oxygens (including phenoxy) is 1. The molecule has 0 bridgehead atoms. The molecular weight excluding hydrogens is 346 g/mol. The van der Waals surface area contributed by atoms with Crippen LogP contribution >= 0.6 is 0 Å². The third-order valence-corrected chi connectivity index (χ3v) is 6.12. The standard InChI is InChI=1S/C16H21N3O5S/c1-19-14(20)12-5-4-11(8-13(12)15(19)21)25(22,23)18-9-16(10-24-2)6-3-7-17-16/h4-5,8,17-18H,3,6-7,9-10H2,1-2H3. The maximum absolute atomic E-state index is 12.6. The van der Waals surface area contributed by atoms with Crippen molar-refractivity contribution < 1.29 is 22.7 Å². The number of benzene rings is 1. The molecule has 2 amide bonds. The number of hydrogen-bond acceptors (Lipinski definition) is 6. The first-order valence-electron chi connectivity index (χ1n) is 8.00. The number of imide groups is 1. The van der Waals surface area contributed by atoms with E-state index in [9.17, 15) is 18.0 Å². The molecular formula is C16H21N3O5S. The Morgan fingerprint density at radius 1 is 1.28 bits per heavy atom. The number of carbonyl (C=O) groups excluding carboxylic acids is 2. The first-order valence-corrected chi connectivity index (χ1v) is 9.48. The van der Waals surface area contributed by atoms with Gasteiger partial charge in [0.05, 0.1) is 28.2 Å². The Morgan fingerprint density at radius 2 is 2.00 bits per heavy atom. The van der Waals surface area contributed by atoms with Crippen LogP contribution in [0.5, 0.6) is 0 Å². The van der Waals surface area contributed by atoms with Crippen LogP contribution in [0.4, 0.5) is 0 Å². The summed E-state index contributed by atoms with van der Waals surface area (Å²) in [6.45, 7) is 1.40.